The van der Waals surface area contributed by atoms with Gasteiger partial charge in [-0.25, -0.2) is 4.39 Å². The van der Waals surface area contributed by atoms with Crippen LogP contribution in [0.1, 0.15) is 6.92 Å². The van der Waals surface area contributed by atoms with Crippen LogP contribution >= 0.6 is 11.3 Å². The zero-order valence-corrected chi connectivity index (χ0v) is 18.0. The van der Waals surface area contributed by atoms with Crippen molar-refractivity contribution in [3.05, 3.63) is 47.0 Å². The molecule has 2 aromatic carbocycles. The highest BCUT2D eigenvalue weighted by Crippen LogP contribution is 2.33. The Morgan fingerprint density at radius 2 is 1.77 bits per heavy atom. The summed E-state index contributed by atoms with van der Waals surface area (Å²) < 4.78 is 36.4. The Hall–Kier alpha value is -3.40. The van der Waals surface area contributed by atoms with Gasteiger partial charge in [0.1, 0.15) is 18.1 Å². The molecule has 0 saturated heterocycles. The molecule has 164 valence electrons. The number of fused-ring (bicyclic) bond motifs is 1. The van der Waals surface area contributed by atoms with Crippen LogP contribution in [0.4, 0.5) is 4.39 Å². The van der Waals surface area contributed by atoms with Crippen LogP contribution in [0.2, 0.25) is 0 Å². The van der Waals surface area contributed by atoms with Crippen LogP contribution < -0.4 is 19.0 Å². The van der Waals surface area contributed by atoms with Gasteiger partial charge in [-0.1, -0.05) is 11.3 Å². The SMILES string of the molecule is CCOC(=O)Cn1c(=NC(=O)COc2ccc(F)cc2)sc2cc(OC)c(OC)cc21. The van der Waals surface area contributed by atoms with Crippen LogP contribution in [0.15, 0.2) is 41.4 Å². The lowest BCUT2D eigenvalue weighted by atomic mass is 10.3. The van der Waals surface area contributed by atoms with Gasteiger partial charge in [-0.2, -0.15) is 4.99 Å². The maximum atomic E-state index is 13.0. The van der Waals surface area contributed by atoms with E-state index in [0.29, 0.717) is 27.6 Å². The number of thiazole rings is 1. The smallest absolute Gasteiger partial charge is 0.326 e. The summed E-state index contributed by atoms with van der Waals surface area (Å²) in [4.78, 5) is 28.9. The third kappa shape index (κ3) is 5.40. The summed E-state index contributed by atoms with van der Waals surface area (Å²) >= 11 is 1.21. The molecule has 3 rings (SSSR count). The summed E-state index contributed by atoms with van der Waals surface area (Å²) in [6, 6.07) is 8.76. The fraction of sp³-hybridized carbons (Fsp3) is 0.286. The van der Waals surface area contributed by atoms with E-state index in [1.807, 2.05) is 0 Å². The Morgan fingerprint density at radius 1 is 1.10 bits per heavy atom. The van der Waals surface area contributed by atoms with E-state index in [0.717, 1.165) is 4.70 Å². The van der Waals surface area contributed by atoms with Crippen molar-refractivity contribution in [1.29, 1.82) is 0 Å². The molecule has 1 aromatic heterocycles. The summed E-state index contributed by atoms with van der Waals surface area (Å²) in [5.41, 5.74) is 0.640. The number of carbonyl (C=O) groups is 2. The Kier molecular flexibility index (Phi) is 7.24. The number of carbonyl (C=O) groups excluding carboxylic acids is 2. The average molecular weight is 448 g/mol. The zero-order valence-electron chi connectivity index (χ0n) is 17.2. The van der Waals surface area contributed by atoms with E-state index in [9.17, 15) is 14.0 Å². The first kappa shape index (κ1) is 22.3. The van der Waals surface area contributed by atoms with Gasteiger partial charge in [-0.3, -0.25) is 9.59 Å². The minimum atomic E-state index is -0.563. The first-order valence-electron chi connectivity index (χ1n) is 9.32. The lowest BCUT2D eigenvalue weighted by Gasteiger charge is -2.09. The Labute approximate surface area is 181 Å². The molecular weight excluding hydrogens is 427 g/mol. The van der Waals surface area contributed by atoms with Crippen LogP contribution in [0.25, 0.3) is 10.2 Å². The highest BCUT2D eigenvalue weighted by molar-refractivity contribution is 7.16. The summed E-state index contributed by atoms with van der Waals surface area (Å²) in [6.45, 7) is 1.47. The standard InChI is InChI=1S/C21H21FN2O6S/c1-4-29-20(26)11-24-15-9-16(27-2)17(28-3)10-18(15)31-21(24)23-19(25)12-30-14-7-5-13(22)6-8-14/h5-10H,4,11-12H2,1-3H3. The average Bonchev–Trinajstić information content (AvgIpc) is 3.08. The van der Waals surface area contributed by atoms with Crippen molar-refractivity contribution < 1.29 is 32.9 Å². The highest BCUT2D eigenvalue weighted by Gasteiger charge is 2.16. The predicted molar refractivity (Wildman–Crippen MR) is 112 cm³/mol. The molecule has 0 atom stereocenters. The number of hydrogen-bond acceptors (Lipinski definition) is 7. The van der Waals surface area contributed by atoms with Crippen molar-refractivity contribution in [3.8, 4) is 17.2 Å². The molecule has 10 heteroatoms. The number of halogens is 1. The Morgan fingerprint density at radius 3 is 2.42 bits per heavy atom. The van der Waals surface area contributed by atoms with E-state index >= 15 is 0 Å². The fourth-order valence-corrected chi connectivity index (χ4v) is 3.84. The molecule has 0 radical (unpaired) electrons. The second kappa shape index (κ2) is 10.1. The van der Waals surface area contributed by atoms with Crippen LogP contribution in [0.3, 0.4) is 0 Å². The summed E-state index contributed by atoms with van der Waals surface area (Å²) in [6.07, 6.45) is 0. The van der Waals surface area contributed by atoms with E-state index < -0.39 is 17.7 Å². The maximum absolute atomic E-state index is 13.0. The summed E-state index contributed by atoms with van der Waals surface area (Å²) in [5, 5.41) is 0. The van der Waals surface area contributed by atoms with Gasteiger partial charge < -0.3 is 23.5 Å². The first-order chi connectivity index (χ1) is 14.9. The molecule has 0 aliphatic carbocycles. The highest BCUT2D eigenvalue weighted by atomic mass is 32.1. The monoisotopic (exact) mass is 448 g/mol. The summed E-state index contributed by atoms with van der Waals surface area (Å²) in [5.74, 6) is -0.101. The number of hydrogen-bond donors (Lipinski definition) is 0. The molecule has 0 fully saturated rings. The van der Waals surface area contributed by atoms with Crippen molar-refractivity contribution in [2.45, 2.75) is 13.5 Å². The molecular formula is C21H21FN2O6S. The fourth-order valence-electron chi connectivity index (χ4n) is 2.79. The molecule has 0 aliphatic rings. The van der Waals surface area contributed by atoms with Crippen LogP contribution in [0, 0.1) is 5.82 Å². The molecule has 8 nitrogen and oxygen atoms in total. The van der Waals surface area contributed by atoms with Crippen LogP contribution in [0.5, 0.6) is 17.2 Å². The second-order valence-corrected chi connectivity index (χ2v) is 7.21. The van der Waals surface area contributed by atoms with E-state index in [-0.39, 0.29) is 19.8 Å². The van der Waals surface area contributed by atoms with Gasteiger partial charge in [0.05, 0.1) is 31.0 Å². The molecule has 0 N–H and O–H groups in total. The number of amides is 1. The second-order valence-electron chi connectivity index (χ2n) is 6.20. The molecule has 31 heavy (non-hydrogen) atoms. The van der Waals surface area contributed by atoms with Gasteiger partial charge in [0.25, 0.3) is 5.91 Å². The van der Waals surface area contributed by atoms with Gasteiger partial charge in [0.2, 0.25) is 0 Å². The minimum absolute atomic E-state index is 0.131. The first-order valence-corrected chi connectivity index (χ1v) is 10.1. The number of nitrogens with zero attached hydrogens (tertiary/aromatic N) is 2. The quantitative estimate of drug-likeness (QED) is 0.493. The molecule has 0 aliphatic heterocycles. The van der Waals surface area contributed by atoms with E-state index in [1.165, 1.54) is 49.8 Å². The number of benzene rings is 2. The van der Waals surface area contributed by atoms with Crippen LogP contribution in [-0.4, -0.2) is 43.9 Å². The van der Waals surface area contributed by atoms with E-state index in [1.54, 1.807) is 23.6 Å². The van der Waals surface area contributed by atoms with Crippen molar-refractivity contribution >= 4 is 33.4 Å². The maximum Gasteiger partial charge on any atom is 0.326 e. The third-order valence-corrected chi connectivity index (χ3v) is 5.22. The van der Waals surface area contributed by atoms with Crippen molar-refractivity contribution in [2.24, 2.45) is 4.99 Å². The molecule has 0 unspecified atom stereocenters. The van der Waals surface area contributed by atoms with Gasteiger partial charge in [-0.05, 0) is 31.2 Å². The lowest BCUT2D eigenvalue weighted by Crippen LogP contribution is -2.24. The van der Waals surface area contributed by atoms with Crippen molar-refractivity contribution in [3.63, 3.8) is 0 Å². The van der Waals surface area contributed by atoms with Gasteiger partial charge in [0, 0.05) is 12.1 Å². The van der Waals surface area contributed by atoms with E-state index in [4.69, 9.17) is 18.9 Å². The molecule has 1 amide bonds. The largest absolute Gasteiger partial charge is 0.493 e. The van der Waals surface area contributed by atoms with Gasteiger partial charge >= 0.3 is 5.97 Å². The zero-order chi connectivity index (χ0) is 22.4. The number of esters is 1. The van der Waals surface area contributed by atoms with Crippen molar-refractivity contribution in [2.75, 3.05) is 27.4 Å². The predicted octanol–water partition coefficient (Wildman–Crippen LogP) is 2.93. The van der Waals surface area contributed by atoms with Gasteiger partial charge in [0.15, 0.2) is 22.9 Å². The number of ether oxygens (including phenoxy) is 4. The molecule has 1 heterocycles. The molecule has 0 spiro atoms. The molecule has 0 saturated carbocycles. The topological polar surface area (TPSA) is 88.4 Å². The Bertz CT molecular complexity index is 1150. The normalized spacial score (nSPS) is 11.4. The minimum Gasteiger partial charge on any atom is -0.493 e. The molecule has 0 bridgehead atoms. The van der Waals surface area contributed by atoms with E-state index in [2.05, 4.69) is 4.99 Å². The van der Waals surface area contributed by atoms with Crippen molar-refractivity contribution in [1.82, 2.24) is 4.57 Å². The third-order valence-electron chi connectivity index (χ3n) is 4.18. The summed E-state index contributed by atoms with van der Waals surface area (Å²) in [7, 11) is 3.03. The number of methoxy groups -OCH3 is 2. The lowest BCUT2D eigenvalue weighted by molar-refractivity contribution is -0.143. The van der Waals surface area contributed by atoms with Crippen LogP contribution in [-0.2, 0) is 20.9 Å². The number of aromatic nitrogens is 1. The molecule has 3 aromatic rings. The van der Waals surface area contributed by atoms with Gasteiger partial charge in [-0.15, -0.1) is 0 Å². The Balaban J connectivity index is 1.96. The number of rotatable bonds is 8.